The molecule has 2 aliphatic rings. The van der Waals surface area contributed by atoms with E-state index in [0.29, 0.717) is 6.54 Å². The Kier molecular flexibility index (Phi) is 3.98. The van der Waals surface area contributed by atoms with Crippen LogP contribution in [0.15, 0.2) is 24.3 Å². The number of hydrogen-bond acceptors (Lipinski definition) is 4. The van der Waals surface area contributed by atoms with Gasteiger partial charge in [0.2, 0.25) is 0 Å². The lowest BCUT2D eigenvalue weighted by Gasteiger charge is -2.35. The zero-order valence-electron chi connectivity index (χ0n) is 15.0. The number of hydrogen-bond donors (Lipinski definition) is 0. The summed E-state index contributed by atoms with van der Waals surface area (Å²) >= 11 is 0. The molecule has 0 radical (unpaired) electrons. The quantitative estimate of drug-likeness (QED) is 0.843. The number of carbonyl (C=O) groups is 1. The summed E-state index contributed by atoms with van der Waals surface area (Å²) in [6.07, 6.45) is 1.58. The minimum absolute atomic E-state index is 0.0828. The first-order valence-electron chi connectivity index (χ1n) is 8.98. The van der Waals surface area contributed by atoms with Crippen LogP contribution in [0.3, 0.4) is 0 Å². The number of likely N-dealkylation sites (tertiary alicyclic amines) is 1. The Hall–Kier alpha value is -2.37. The highest BCUT2D eigenvalue weighted by Crippen LogP contribution is 2.38. The molecule has 6 nitrogen and oxygen atoms in total. The van der Waals surface area contributed by atoms with E-state index in [1.165, 1.54) is 0 Å². The Morgan fingerprint density at radius 1 is 1.28 bits per heavy atom. The Labute approximate surface area is 147 Å². The number of aromatic nitrogens is 3. The van der Waals surface area contributed by atoms with E-state index in [9.17, 15) is 4.79 Å². The van der Waals surface area contributed by atoms with Gasteiger partial charge in [-0.2, -0.15) is 5.10 Å². The third kappa shape index (κ3) is 2.79. The summed E-state index contributed by atoms with van der Waals surface area (Å²) in [5, 5.41) is 4.51. The van der Waals surface area contributed by atoms with E-state index in [0.717, 1.165) is 42.3 Å². The van der Waals surface area contributed by atoms with Crippen LogP contribution >= 0.6 is 0 Å². The second-order valence-electron chi connectivity index (χ2n) is 7.10. The summed E-state index contributed by atoms with van der Waals surface area (Å²) in [6.45, 7) is 7.40. The topological polar surface area (TPSA) is 60.2 Å². The average molecular weight is 340 g/mol. The first-order chi connectivity index (χ1) is 12.0. The lowest BCUT2D eigenvalue weighted by Crippen LogP contribution is -2.47. The summed E-state index contributed by atoms with van der Waals surface area (Å²) in [6, 6.07) is 8.13. The van der Waals surface area contributed by atoms with Crippen LogP contribution < -0.4 is 4.74 Å². The number of piperidine rings is 1. The van der Waals surface area contributed by atoms with Gasteiger partial charge in [0.05, 0.1) is 6.04 Å². The molecule has 1 aromatic carbocycles. The molecule has 3 heterocycles. The number of benzene rings is 1. The number of para-hydroxylation sites is 1. The minimum atomic E-state index is -0.422. The number of ether oxygens (including phenoxy) is 1. The van der Waals surface area contributed by atoms with E-state index < -0.39 is 6.10 Å². The summed E-state index contributed by atoms with van der Waals surface area (Å²) < 4.78 is 7.95. The van der Waals surface area contributed by atoms with Crippen molar-refractivity contribution in [3.63, 3.8) is 0 Å². The predicted molar refractivity (Wildman–Crippen MR) is 93.6 cm³/mol. The highest BCUT2D eigenvalue weighted by molar-refractivity contribution is 5.83. The fourth-order valence-electron chi connectivity index (χ4n) is 4.05. The zero-order valence-corrected chi connectivity index (χ0v) is 15.0. The fourth-order valence-corrected chi connectivity index (χ4v) is 4.05. The molecular formula is C19H24N4O2. The van der Waals surface area contributed by atoms with Crippen LogP contribution in [0, 0.1) is 13.8 Å². The summed E-state index contributed by atoms with van der Waals surface area (Å²) in [5.74, 6) is 2.70. The van der Waals surface area contributed by atoms with Crippen molar-refractivity contribution in [2.45, 2.75) is 51.7 Å². The van der Waals surface area contributed by atoms with Crippen molar-refractivity contribution in [1.29, 1.82) is 0 Å². The van der Waals surface area contributed by atoms with Crippen molar-refractivity contribution in [1.82, 2.24) is 19.7 Å². The molecule has 25 heavy (non-hydrogen) atoms. The molecule has 4 rings (SSSR count). The first kappa shape index (κ1) is 16.1. The van der Waals surface area contributed by atoms with Gasteiger partial charge < -0.3 is 9.64 Å². The number of aryl methyl sites for hydroxylation is 2. The Morgan fingerprint density at radius 2 is 2.08 bits per heavy atom. The van der Waals surface area contributed by atoms with Gasteiger partial charge in [-0.15, -0.1) is 0 Å². The molecule has 6 heteroatoms. The molecule has 1 aromatic heterocycles. The largest absolute Gasteiger partial charge is 0.480 e. The molecule has 0 bridgehead atoms. The van der Waals surface area contributed by atoms with Gasteiger partial charge in [0.1, 0.15) is 17.4 Å². The maximum absolute atomic E-state index is 13.1. The van der Waals surface area contributed by atoms with Gasteiger partial charge in [0.25, 0.3) is 5.91 Å². The Bertz CT molecular complexity index is 800. The van der Waals surface area contributed by atoms with Crippen LogP contribution in [0.2, 0.25) is 0 Å². The SMILES string of the molecule is Cc1nc(C)n(C2CCCN(C(=O)C3Oc4ccccc4C3C)C2)n1. The van der Waals surface area contributed by atoms with Crippen molar-refractivity contribution in [3.8, 4) is 5.75 Å². The molecule has 2 aromatic rings. The van der Waals surface area contributed by atoms with E-state index in [4.69, 9.17) is 4.74 Å². The van der Waals surface area contributed by atoms with Crippen LogP contribution in [0.1, 0.15) is 48.9 Å². The van der Waals surface area contributed by atoms with Gasteiger partial charge >= 0.3 is 0 Å². The van der Waals surface area contributed by atoms with Crippen molar-refractivity contribution in [2.75, 3.05) is 13.1 Å². The molecule has 1 amide bonds. The fraction of sp³-hybridized carbons (Fsp3) is 0.526. The van der Waals surface area contributed by atoms with Gasteiger partial charge in [0.15, 0.2) is 6.10 Å². The maximum Gasteiger partial charge on any atom is 0.264 e. The highest BCUT2D eigenvalue weighted by atomic mass is 16.5. The first-order valence-corrected chi connectivity index (χ1v) is 8.98. The van der Waals surface area contributed by atoms with Crippen molar-refractivity contribution in [3.05, 3.63) is 41.5 Å². The van der Waals surface area contributed by atoms with E-state index in [-0.39, 0.29) is 17.9 Å². The molecule has 3 unspecified atom stereocenters. The molecule has 2 aliphatic heterocycles. The monoisotopic (exact) mass is 340 g/mol. The third-order valence-corrected chi connectivity index (χ3v) is 5.32. The number of carbonyl (C=O) groups excluding carboxylic acids is 1. The second-order valence-corrected chi connectivity index (χ2v) is 7.10. The normalized spacial score (nSPS) is 25.6. The molecular weight excluding hydrogens is 316 g/mol. The lowest BCUT2D eigenvalue weighted by atomic mass is 9.96. The number of nitrogens with zero attached hydrogens (tertiary/aromatic N) is 4. The zero-order chi connectivity index (χ0) is 17.6. The highest BCUT2D eigenvalue weighted by Gasteiger charge is 2.40. The number of fused-ring (bicyclic) bond motifs is 1. The number of rotatable bonds is 2. The van der Waals surface area contributed by atoms with Crippen LogP contribution in [-0.4, -0.2) is 44.8 Å². The van der Waals surface area contributed by atoms with Gasteiger partial charge in [0, 0.05) is 24.6 Å². The minimum Gasteiger partial charge on any atom is -0.480 e. The summed E-state index contributed by atoms with van der Waals surface area (Å²) in [4.78, 5) is 19.4. The molecule has 1 fully saturated rings. The van der Waals surface area contributed by atoms with E-state index >= 15 is 0 Å². The smallest absolute Gasteiger partial charge is 0.264 e. The molecule has 0 spiro atoms. The van der Waals surface area contributed by atoms with Crippen molar-refractivity contribution in [2.24, 2.45) is 0 Å². The van der Waals surface area contributed by atoms with E-state index in [1.54, 1.807) is 0 Å². The molecule has 3 atom stereocenters. The predicted octanol–water partition coefficient (Wildman–Crippen LogP) is 2.62. The van der Waals surface area contributed by atoms with Gasteiger partial charge in [-0.3, -0.25) is 4.79 Å². The van der Waals surface area contributed by atoms with E-state index in [2.05, 4.69) is 17.0 Å². The molecule has 1 saturated heterocycles. The summed E-state index contributed by atoms with van der Waals surface area (Å²) in [5.41, 5.74) is 1.12. The Morgan fingerprint density at radius 3 is 2.80 bits per heavy atom. The summed E-state index contributed by atoms with van der Waals surface area (Å²) in [7, 11) is 0. The second kappa shape index (κ2) is 6.17. The molecule has 0 aliphatic carbocycles. The Balaban J connectivity index is 1.50. The number of amides is 1. The molecule has 0 saturated carbocycles. The van der Waals surface area contributed by atoms with Crippen LogP contribution in [0.5, 0.6) is 5.75 Å². The molecule has 0 N–H and O–H groups in total. The van der Waals surface area contributed by atoms with Crippen LogP contribution in [-0.2, 0) is 4.79 Å². The van der Waals surface area contributed by atoms with Crippen molar-refractivity contribution >= 4 is 5.91 Å². The van der Waals surface area contributed by atoms with Crippen molar-refractivity contribution < 1.29 is 9.53 Å². The standard InChI is InChI=1S/C19H24N4O2/c1-12-16-8-4-5-9-17(16)25-18(12)19(24)22-10-6-7-15(11-22)23-14(3)20-13(2)21-23/h4-5,8-9,12,15,18H,6-7,10-11H2,1-3H3. The lowest BCUT2D eigenvalue weighted by molar-refractivity contribution is -0.140. The van der Waals surface area contributed by atoms with Crippen LogP contribution in [0.4, 0.5) is 0 Å². The third-order valence-electron chi connectivity index (χ3n) is 5.32. The molecule has 132 valence electrons. The average Bonchev–Trinajstić information content (AvgIpc) is 3.14. The van der Waals surface area contributed by atoms with Crippen LogP contribution in [0.25, 0.3) is 0 Å². The van der Waals surface area contributed by atoms with Gasteiger partial charge in [-0.1, -0.05) is 25.1 Å². The maximum atomic E-state index is 13.1. The van der Waals surface area contributed by atoms with Gasteiger partial charge in [-0.25, -0.2) is 9.67 Å². The van der Waals surface area contributed by atoms with E-state index in [1.807, 2.05) is 47.7 Å². The van der Waals surface area contributed by atoms with Gasteiger partial charge in [-0.05, 0) is 32.8 Å².